The standard InChI is InChI=1S/C42H30N4/c1-3-11-27(12-4-1)39-31-19-20-32(43-31)40(28-13-5-2-6-14-28)34-22-24-36(45-34)42(30-17-9-10-18-30)38-26-25-37(46-38)41(29-15-7-8-16-29)35-23-21-33(39)44-35/h1-26,29-30,43-44H. The van der Waals surface area contributed by atoms with Gasteiger partial charge in [0.15, 0.2) is 0 Å². The zero-order valence-corrected chi connectivity index (χ0v) is 25.1. The van der Waals surface area contributed by atoms with Crippen LogP contribution in [0.15, 0.2) is 134 Å². The number of hydrogen-bond acceptors (Lipinski definition) is 2. The maximum Gasteiger partial charge on any atom is 0.0737 e. The predicted molar refractivity (Wildman–Crippen MR) is 192 cm³/mol. The maximum absolute atomic E-state index is 5.34. The minimum Gasteiger partial charge on any atom is -0.355 e. The fraction of sp³-hybridized carbons (Fsp3) is 0.0476. The monoisotopic (exact) mass is 590 g/mol. The molecular weight excluding hydrogens is 560 g/mol. The molecule has 0 unspecified atom stereocenters. The van der Waals surface area contributed by atoms with Gasteiger partial charge in [-0.25, -0.2) is 9.97 Å². The fourth-order valence-electron chi connectivity index (χ4n) is 7.02. The highest BCUT2D eigenvalue weighted by atomic mass is 14.8. The van der Waals surface area contributed by atoms with Crippen LogP contribution in [-0.4, -0.2) is 19.9 Å². The lowest BCUT2D eigenvalue weighted by atomic mass is 9.97. The van der Waals surface area contributed by atoms with E-state index in [2.05, 4.69) is 168 Å². The quantitative estimate of drug-likeness (QED) is 0.214. The number of benzene rings is 2. The van der Waals surface area contributed by atoms with Gasteiger partial charge in [-0.15, -0.1) is 0 Å². The van der Waals surface area contributed by atoms with E-state index in [9.17, 15) is 0 Å². The SMILES string of the molecule is C1=CC(c2c3nc(c(-c4ccccc4)c4ccc([nH]4)c(-c4ccccc4)c4ccc([nH]4)c(C4C=CC=C4)c4nc2C=C4)C=C3)C=C1. The molecule has 9 rings (SSSR count). The number of aromatic nitrogens is 4. The lowest BCUT2D eigenvalue weighted by Crippen LogP contribution is -1.99. The maximum atomic E-state index is 5.34. The minimum absolute atomic E-state index is 0.0940. The molecule has 0 saturated heterocycles. The Morgan fingerprint density at radius 3 is 1.39 bits per heavy atom. The highest BCUT2D eigenvalue weighted by molar-refractivity contribution is 5.97. The van der Waals surface area contributed by atoms with Crippen LogP contribution >= 0.6 is 0 Å². The van der Waals surface area contributed by atoms with E-state index in [-0.39, 0.29) is 11.8 Å². The molecule has 5 heterocycles. The summed E-state index contributed by atoms with van der Waals surface area (Å²) in [5.41, 5.74) is 14.6. The summed E-state index contributed by atoms with van der Waals surface area (Å²) >= 11 is 0. The van der Waals surface area contributed by atoms with Crippen LogP contribution in [0.4, 0.5) is 0 Å². The number of allylic oxidation sites excluding steroid dienone is 8. The average Bonchev–Trinajstić information content (AvgIpc) is 3.93. The van der Waals surface area contributed by atoms with Gasteiger partial charge in [-0.2, -0.15) is 0 Å². The second-order valence-corrected chi connectivity index (χ2v) is 11.9. The summed E-state index contributed by atoms with van der Waals surface area (Å²) in [6.07, 6.45) is 26.0. The van der Waals surface area contributed by atoms with E-state index in [4.69, 9.17) is 9.97 Å². The third-order valence-corrected chi connectivity index (χ3v) is 9.12. The number of nitrogens with zero attached hydrogens (tertiary/aromatic N) is 2. The van der Waals surface area contributed by atoms with Crippen molar-refractivity contribution in [1.29, 1.82) is 0 Å². The number of nitrogens with one attached hydrogen (secondary N) is 2. The molecule has 0 fully saturated rings. The number of fused-ring (bicyclic) bond motifs is 8. The van der Waals surface area contributed by atoms with Gasteiger partial charge in [-0.05, 0) is 59.7 Å². The summed E-state index contributed by atoms with van der Waals surface area (Å²) < 4.78 is 0. The zero-order chi connectivity index (χ0) is 30.5. The molecule has 0 atom stereocenters. The number of hydrogen-bond donors (Lipinski definition) is 2. The molecular formula is C42H30N4. The first-order valence-corrected chi connectivity index (χ1v) is 15.8. The van der Waals surface area contributed by atoms with Gasteiger partial charge in [-0.1, -0.05) is 109 Å². The number of rotatable bonds is 4. The predicted octanol–water partition coefficient (Wildman–Crippen LogP) is 10.4. The molecule has 0 spiro atoms. The Morgan fingerprint density at radius 2 is 0.804 bits per heavy atom. The van der Waals surface area contributed by atoms with E-state index in [1.165, 1.54) is 0 Å². The first-order valence-electron chi connectivity index (χ1n) is 15.8. The molecule has 4 heteroatoms. The van der Waals surface area contributed by atoms with Crippen LogP contribution in [0.2, 0.25) is 0 Å². The van der Waals surface area contributed by atoms with Crippen molar-refractivity contribution in [2.24, 2.45) is 0 Å². The van der Waals surface area contributed by atoms with Crippen molar-refractivity contribution in [2.75, 3.05) is 0 Å². The highest BCUT2D eigenvalue weighted by Crippen LogP contribution is 2.38. The molecule has 2 N–H and O–H groups in total. The van der Waals surface area contributed by atoms with Gasteiger partial charge in [0.25, 0.3) is 0 Å². The summed E-state index contributed by atoms with van der Waals surface area (Å²) in [5.74, 6) is 0.211. The first kappa shape index (κ1) is 26.4. The first-order chi connectivity index (χ1) is 22.8. The van der Waals surface area contributed by atoms with Crippen LogP contribution in [0, 0.1) is 0 Å². The van der Waals surface area contributed by atoms with Crippen LogP contribution in [0.5, 0.6) is 0 Å². The van der Waals surface area contributed by atoms with E-state index in [0.29, 0.717) is 0 Å². The Morgan fingerprint density at radius 1 is 0.391 bits per heavy atom. The molecule has 0 amide bonds. The number of H-pyrrole nitrogens is 2. The van der Waals surface area contributed by atoms with Crippen molar-refractivity contribution in [3.63, 3.8) is 0 Å². The molecule has 0 saturated carbocycles. The van der Waals surface area contributed by atoms with Gasteiger partial charge in [0.05, 0.1) is 22.8 Å². The van der Waals surface area contributed by atoms with Crippen molar-refractivity contribution in [3.8, 4) is 22.3 Å². The van der Waals surface area contributed by atoms with Crippen molar-refractivity contribution >= 4 is 46.4 Å². The molecule has 3 aromatic heterocycles. The summed E-state index contributed by atoms with van der Waals surface area (Å²) in [7, 11) is 0. The van der Waals surface area contributed by atoms with E-state index in [1.807, 2.05) is 0 Å². The molecule has 4 nitrogen and oxygen atoms in total. The van der Waals surface area contributed by atoms with Crippen molar-refractivity contribution in [1.82, 2.24) is 19.9 Å². The lowest BCUT2D eigenvalue weighted by Gasteiger charge is -2.10. The molecule has 0 radical (unpaired) electrons. The number of aromatic amines is 2. The third kappa shape index (κ3) is 4.46. The smallest absolute Gasteiger partial charge is 0.0737 e. The van der Waals surface area contributed by atoms with E-state index in [1.54, 1.807) is 0 Å². The third-order valence-electron chi connectivity index (χ3n) is 9.12. The van der Waals surface area contributed by atoms with Crippen molar-refractivity contribution in [3.05, 3.63) is 167 Å². The summed E-state index contributed by atoms with van der Waals surface area (Å²) in [6.45, 7) is 0. The summed E-state index contributed by atoms with van der Waals surface area (Å²) in [6, 6.07) is 29.9. The van der Waals surface area contributed by atoms with E-state index < -0.39 is 0 Å². The molecule has 2 aromatic carbocycles. The van der Waals surface area contributed by atoms with Crippen LogP contribution in [0.1, 0.15) is 45.7 Å². The largest absolute Gasteiger partial charge is 0.355 e. The summed E-state index contributed by atoms with van der Waals surface area (Å²) in [5, 5.41) is 0. The fourth-order valence-corrected chi connectivity index (χ4v) is 7.02. The topological polar surface area (TPSA) is 57.4 Å². The Hall–Kier alpha value is -6.00. The van der Waals surface area contributed by atoms with Crippen LogP contribution in [0.25, 0.3) is 68.6 Å². The van der Waals surface area contributed by atoms with Gasteiger partial charge in [-0.3, -0.25) is 0 Å². The van der Waals surface area contributed by atoms with Gasteiger partial charge in [0.2, 0.25) is 0 Å². The molecule has 4 aliphatic rings. The van der Waals surface area contributed by atoms with Gasteiger partial charge >= 0.3 is 0 Å². The normalized spacial score (nSPS) is 15.1. The van der Waals surface area contributed by atoms with Gasteiger partial charge in [0.1, 0.15) is 0 Å². The lowest BCUT2D eigenvalue weighted by molar-refractivity contribution is 1.04. The van der Waals surface area contributed by atoms with Crippen molar-refractivity contribution in [2.45, 2.75) is 11.8 Å². The van der Waals surface area contributed by atoms with Gasteiger partial charge in [0, 0.05) is 56.2 Å². The van der Waals surface area contributed by atoms with Crippen LogP contribution < -0.4 is 0 Å². The summed E-state index contributed by atoms with van der Waals surface area (Å²) in [4.78, 5) is 18.3. The van der Waals surface area contributed by atoms with E-state index in [0.717, 1.165) is 78.2 Å². The van der Waals surface area contributed by atoms with Crippen LogP contribution in [0.3, 0.4) is 0 Å². The molecule has 2 aliphatic heterocycles. The Labute approximate surface area is 267 Å². The second-order valence-electron chi connectivity index (χ2n) is 11.9. The molecule has 46 heavy (non-hydrogen) atoms. The van der Waals surface area contributed by atoms with Gasteiger partial charge < -0.3 is 9.97 Å². The molecule has 2 aliphatic carbocycles. The van der Waals surface area contributed by atoms with Crippen LogP contribution in [-0.2, 0) is 0 Å². The minimum atomic E-state index is 0.0940. The second kappa shape index (κ2) is 10.9. The molecule has 5 aromatic rings. The highest BCUT2D eigenvalue weighted by Gasteiger charge is 2.23. The average molecular weight is 591 g/mol. The van der Waals surface area contributed by atoms with E-state index >= 15 is 0 Å². The Kier molecular flexibility index (Phi) is 6.24. The Bertz CT molecular complexity index is 2340. The molecule has 218 valence electrons. The molecule has 8 bridgehead atoms. The zero-order valence-electron chi connectivity index (χ0n) is 25.1. The van der Waals surface area contributed by atoms with Crippen molar-refractivity contribution < 1.29 is 0 Å². The Balaban J connectivity index is 1.46.